The van der Waals surface area contributed by atoms with Crippen LogP contribution in [-0.4, -0.2) is 76.2 Å². The molecular weight excluding hydrogens is 454 g/mol. The number of nitrogens with zero attached hydrogens (tertiary/aromatic N) is 5. The maximum absolute atomic E-state index is 13.3. The van der Waals surface area contributed by atoms with Gasteiger partial charge in [0, 0.05) is 13.1 Å². The van der Waals surface area contributed by atoms with Crippen molar-refractivity contribution in [3.63, 3.8) is 0 Å². The van der Waals surface area contributed by atoms with Crippen LogP contribution in [0.2, 0.25) is 0 Å². The summed E-state index contributed by atoms with van der Waals surface area (Å²) >= 11 is 0. The monoisotopic (exact) mass is 491 g/mol. The van der Waals surface area contributed by atoms with Gasteiger partial charge in [0.2, 0.25) is 15.9 Å². The van der Waals surface area contributed by atoms with Gasteiger partial charge in [-0.15, -0.1) is 0 Å². The molecule has 3 rings (SSSR count). The molecule has 1 fully saturated rings. The molecule has 0 aliphatic carbocycles. The first-order chi connectivity index (χ1) is 16.1. The van der Waals surface area contributed by atoms with E-state index in [1.165, 1.54) is 6.20 Å². The second kappa shape index (κ2) is 10.9. The van der Waals surface area contributed by atoms with Crippen LogP contribution in [0.15, 0.2) is 24.2 Å². The molecule has 0 radical (unpaired) electrons. The van der Waals surface area contributed by atoms with Gasteiger partial charge >= 0.3 is 0 Å². The van der Waals surface area contributed by atoms with Crippen LogP contribution in [0.3, 0.4) is 0 Å². The zero-order chi connectivity index (χ0) is 25.0. The molecule has 9 nitrogen and oxygen atoms in total. The highest BCUT2D eigenvalue weighted by molar-refractivity contribution is 7.89. The van der Waals surface area contributed by atoms with Crippen LogP contribution >= 0.6 is 0 Å². The molecule has 0 N–H and O–H groups in total. The van der Waals surface area contributed by atoms with E-state index in [9.17, 15) is 18.0 Å². The van der Waals surface area contributed by atoms with Gasteiger partial charge in [-0.3, -0.25) is 19.5 Å². The topological polar surface area (TPSA) is 104 Å². The normalized spacial score (nSPS) is 20.4. The molecule has 0 unspecified atom stereocenters. The fourth-order valence-electron chi connectivity index (χ4n) is 4.73. The van der Waals surface area contributed by atoms with E-state index in [0.29, 0.717) is 12.2 Å². The lowest BCUT2D eigenvalue weighted by molar-refractivity contribution is -0.128. The Bertz CT molecular complexity index is 1010. The van der Waals surface area contributed by atoms with Crippen LogP contribution in [0, 0.1) is 11.8 Å². The van der Waals surface area contributed by atoms with Crippen LogP contribution in [0.1, 0.15) is 69.6 Å². The molecule has 2 amide bonds. The van der Waals surface area contributed by atoms with Crippen molar-refractivity contribution in [2.75, 3.05) is 25.9 Å². The summed E-state index contributed by atoms with van der Waals surface area (Å²) in [5.41, 5.74) is 1.37. The number of fused-ring (bicyclic) bond motifs is 1. The predicted octanol–water partition coefficient (Wildman–Crippen LogP) is 2.66. The average molecular weight is 492 g/mol. The standard InChI is InChI=1S/C24H37N5O4S/c1-6-8-11-27(12-9-7-2)16-18-14-26-19(15-25-18)23(30)28-13-10-20-22(28)21(17(3)4)24(31)29(20)34(5,32)33/h10,14-15,17,21-22H,6-9,11-13,16H2,1-5H3/t21-,22+/m1/s1. The number of rotatable bonds is 11. The van der Waals surface area contributed by atoms with E-state index in [0.717, 1.165) is 55.0 Å². The van der Waals surface area contributed by atoms with Gasteiger partial charge in [-0.25, -0.2) is 17.7 Å². The van der Waals surface area contributed by atoms with Crippen LogP contribution in [0.5, 0.6) is 0 Å². The Labute approximate surface area is 203 Å². The number of aromatic nitrogens is 2. The van der Waals surface area contributed by atoms with Gasteiger partial charge < -0.3 is 4.90 Å². The summed E-state index contributed by atoms with van der Waals surface area (Å²) < 4.78 is 25.5. The minimum atomic E-state index is -3.77. The summed E-state index contributed by atoms with van der Waals surface area (Å²) in [6.07, 6.45) is 10.3. The van der Waals surface area contributed by atoms with Crippen molar-refractivity contribution in [2.24, 2.45) is 11.8 Å². The molecule has 3 heterocycles. The first kappa shape index (κ1) is 26.3. The molecule has 2 aliphatic heterocycles. The minimum Gasteiger partial charge on any atom is -0.324 e. The first-order valence-corrected chi connectivity index (χ1v) is 14.0. The molecule has 0 aromatic carbocycles. The van der Waals surface area contributed by atoms with Crippen molar-refractivity contribution in [3.05, 3.63) is 35.6 Å². The summed E-state index contributed by atoms with van der Waals surface area (Å²) in [5, 5.41) is 0. The molecule has 0 spiro atoms. The number of sulfonamides is 1. The van der Waals surface area contributed by atoms with Crippen LogP contribution in [-0.2, 0) is 21.4 Å². The highest BCUT2D eigenvalue weighted by Gasteiger charge is 2.54. The molecular formula is C24H37N5O4S. The number of unbranched alkanes of at least 4 members (excludes halogenated alkanes) is 2. The number of hydrogen-bond donors (Lipinski definition) is 0. The smallest absolute Gasteiger partial charge is 0.274 e. The van der Waals surface area contributed by atoms with E-state index in [4.69, 9.17) is 0 Å². The number of carbonyl (C=O) groups excluding carboxylic acids is 2. The van der Waals surface area contributed by atoms with Crippen LogP contribution in [0.4, 0.5) is 0 Å². The second-order valence-corrected chi connectivity index (χ2v) is 11.4. The maximum Gasteiger partial charge on any atom is 0.274 e. The van der Waals surface area contributed by atoms with E-state index < -0.39 is 27.9 Å². The van der Waals surface area contributed by atoms with E-state index in [1.54, 1.807) is 17.2 Å². The fourth-order valence-corrected chi connectivity index (χ4v) is 5.75. The molecule has 2 aliphatic rings. The quantitative estimate of drug-likeness (QED) is 0.469. The third-order valence-electron chi connectivity index (χ3n) is 6.47. The Balaban J connectivity index is 1.77. The Kier molecular flexibility index (Phi) is 8.46. The number of carbonyl (C=O) groups is 2. The lowest BCUT2D eigenvalue weighted by Crippen LogP contribution is -2.43. The van der Waals surface area contributed by atoms with Crippen molar-refractivity contribution < 1.29 is 18.0 Å². The number of hydrogen-bond acceptors (Lipinski definition) is 7. The molecule has 34 heavy (non-hydrogen) atoms. The van der Waals surface area contributed by atoms with E-state index >= 15 is 0 Å². The zero-order valence-corrected chi connectivity index (χ0v) is 21.7. The Morgan fingerprint density at radius 3 is 2.29 bits per heavy atom. The molecule has 0 saturated carbocycles. The van der Waals surface area contributed by atoms with E-state index in [-0.39, 0.29) is 24.1 Å². The van der Waals surface area contributed by atoms with E-state index in [2.05, 4.69) is 28.7 Å². The average Bonchev–Trinajstić information content (AvgIpc) is 3.31. The lowest BCUT2D eigenvalue weighted by Gasteiger charge is -2.28. The summed E-state index contributed by atoms with van der Waals surface area (Å²) in [6, 6.07) is -0.616. The summed E-state index contributed by atoms with van der Waals surface area (Å²) in [5.74, 6) is -1.58. The first-order valence-electron chi connectivity index (χ1n) is 12.2. The highest BCUT2D eigenvalue weighted by Crippen LogP contribution is 2.41. The molecule has 10 heteroatoms. The lowest BCUT2D eigenvalue weighted by atomic mass is 9.89. The van der Waals surface area contributed by atoms with Gasteiger partial charge in [-0.2, -0.15) is 0 Å². The van der Waals surface area contributed by atoms with Gasteiger partial charge in [0.15, 0.2) is 0 Å². The molecule has 1 aromatic rings. The van der Waals surface area contributed by atoms with Gasteiger partial charge in [-0.1, -0.05) is 40.5 Å². The molecule has 188 valence electrons. The third-order valence-corrected chi connectivity index (χ3v) is 7.53. The van der Waals surface area contributed by atoms with Gasteiger partial charge in [0.1, 0.15) is 5.69 Å². The largest absolute Gasteiger partial charge is 0.324 e. The second-order valence-electron chi connectivity index (χ2n) is 9.54. The van der Waals surface area contributed by atoms with Crippen LogP contribution < -0.4 is 0 Å². The minimum absolute atomic E-state index is 0.133. The highest BCUT2D eigenvalue weighted by atomic mass is 32.2. The predicted molar refractivity (Wildman–Crippen MR) is 130 cm³/mol. The zero-order valence-electron chi connectivity index (χ0n) is 20.9. The summed E-state index contributed by atoms with van der Waals surface area (Å²) in [4.78, 5) is 39.1. The van der Waals surface area contributed by atoms with Crippen LogP contribution in [0.25, 0.3) is 0 Å². The molecule has 2 atom stereocenters. The summed E-state index contributed by atoms with van der Waals surface area (Å²) in [7, 11) is -3.77. The van der Waals surface area contributed by atoms with Crippen molar-refractivity contribution in [1.29, 1.82) is 0 Å². The van der Waals surface area contributed by atoms with Crippen molar-refractivity contribution in [1.82, 2.24) is 24.1 Å². The van der Waals surface area contributed by atoms with Crippen molar-refractivity contribution in [2.45, 2.75) is 66.0 Å². The summed E-state index contributed by atoms with van der Waals surface area (Å²) in [6.45, 7) is 11.0. The van der Waals surface area contributed by atoms with E-state index in [1.807, 2.05) is 13.8 Å². The Hall–Kier alpha value is -2.33. The van der Waals surface area contributed by atoms with Crippen molar-refractivity contribution >= 4 is 21.8 Å². The Morgan fingerprint density at radius 1 is 1.15 bits per heavy atom. The Morgan fingerprint density at radius 2 is 1.79 bits per heavy atom. The third kappa shape index (κ3) is 5.49. The van der Waals surface area contributed by atoms with Gasteiger partial charge in [0.05, 0.1) is 42.0 Å². The molecule has 0 bridgehead atoms. The fraction of sp³-hybridized carbons (Fsp3) is 0.667. The molecule has 1 aromatic heterocycles. The van der Waals surface area contributed by atoms with Gasteiger partial charge in [-0.05, 0) is 37.9 Å². The SMILES string of the molecule is CCCCN(CCCC)Cc1cnc(C(=O)N2CC=C3[C@H]2[C@@H](C(C)C)C(=O)N3S(C)(=O)=O)cn1. The van der Waals surface area contributed by atoms with Crippen molar-refractivity contribution in [3.8, 4) is 0 Å². The maximum atomic E-state index is 13.3. The van der Waals surface area contributed by atoms with Gasteiger partial charge in [0.25, 0.3) is 5.91 Å². The molecule has 1 saturated heterocycles. The number of amides is 2.